The smallest absolute Gasteiger partial charge is 0.248 e. The van der Waals surface area contributed by atoms with Crippen molar-refractivity contribution in [1.82, 2.24) is 10.2 Å². The van der Waals surface area contributed by atoms with Crippen molar-refractivity contribution in [3.63, 3.8) is 0 Å². The minimum absolute atomic E-state index is 0.257. The lowest BCUT2D eigenvalue weighted by Gasteiger charge is -1.98. The van der Waals surface area contributed by atoms with Gasteiger partial charge in [-0.2, -0.15) is 5.10 Å². The fourth-order valence-corrected chi connectivity index (χ4v) is 1.89. The second kappa shape index (κ2) is 5.71. The summed E-state index contributed by atoms with van der Waals surface area (Å²) in [5.41, 5.74) is 1.36. The van der Waals surface area contributed by atoms with Gasteiger partial charge in [-0.3, -0.25) is 9.89 Å². The fourth-order valence-electron chi connectivity index (χ4n) is 1.35. The van der Waals surface area contributed by atoms with Gasteiger partial charge in [0.25, 0.3) is 0 Å². The number of anilines is 1. The summed E-state index contributed by atoms with van der Waals surface area (Å²) in [7, 11) is 0. The molecule has 4 nitrogen and oxygen atoms in total. The molecule has 18 heavy (non-hydrogen) atoms. The van der Waals surface area contributed by atoms with Gasteiger partial charge in [-0.25, -0.2) is 0 Å². The standard InChI is InChI=1S/C12H9Cl2N3O/c13-9-3-8(4-10(14)5-9)1-2-12(18)17-11-6-15-16-7-11/h1-7H,(H,15,16)(H,17,18)/b2-1+. The third-order valence-electron chi connectivity index (χ3n) is 2.08. The molecule has 0 aliphatic rings. The van der Waals surface area contributed by atoms with E-state index in [1.165, 1.54) is 12.3 Å². The van der Waals surface area contributed by atoms with E-state index in [0.717, 1.165) is 5.56 Å². The first-order valence-electron chi connectivity index (χ1n) is 5.07. The van der Waals surface area contributed by atoms with Crippen LogP contribution < -0.4 is 5.32 Å². The van der Waals surface area contributed by atoms with Crippen LogP contribution in [-0.4, -0.2) is 16.1 Å². The molecule has 2 aromatic rings. The number of hydrogen-bond acceptors (Lipinski definition) is 2. The molecule has 1 heterocycles. The van der Waals surface area contributed by atoms with Crippen LogP contribution >= 0.6 is 23.2 Å². The van der Waals surface area contributed by atoms with Crippen molar-refractivity contribution in [1.29, 1.82) is 0 Å². The van der Waals surface area contributed by atoms with Crippen LogP contribution in [0.2, 0.25) is 10.0 Å². The van der Waals surface area contributed by atoms with Gasteiger partial charge in [0.05, 0.1) is 11.9 Å². The van der Waals surface area contributed by atoms with E-state index in [1.54, 1.807) is 30.5 Å². The monoisotopic (exact) mass is 281 g/mol. The third kappa shape index (κ3) is 3.61. The molecule has 0 unspecified atom stereocenters. The molecule has 0 saturated carbocycles. The molecule has 0 saturated heterocycles. The van der Waals surface area contributed by atoms with Crippen LogP contribution in [0, 0.1) is 0 Å². The van der Waals surface area contributed by atoms with Crippen LogP contribution in [0.1, 0.15) is 5.56 Å². The minimum atomic E-state index is -0.257. The molecule has 1 aromatic heterocycles. The molecule has 1 amide bonds. The van der Waals surface area contributed by atoms with Gasteiger partial charge in [0.2, 0.25) is 5.91 Å². The zero-order valence-corrected chi connectivity index (χ0v) is 10.7. The fraction of sp³-hybridized carbons (Fsp3) is 0. The van der Waals surface area contributed by atoms with Crippen LogP contribution in [0.15, 0.2) is 36.7 Å². The highest BCUT2D eigenvalue weighted by Gasteiger charge is 1.99. The Hall–Kier alpha value is -1.78. The zero-order chi connectivity index (χ0) is 13.0. The number of nitrogens with zero attached hydrogens (tertiary/aromatic N) is 1. The summed E-state index contributed by atoms with van der Waals surface area (Å²) in [6.07, 6.45) is 6.13. The Kier molecular flexibility index (Phi) is 4.02. The first-order valence-corrected chi connectivity index (χ1v) is 5.83. The summed E-state index contributed by atoms with van der Waals surface area (Å²) in [5, 5.41) is 10.0. The summed E-state index contributed by atoms with van der Waals surface area (Å²) in [6.45, 7) is 0. The number of carbonyl (C=O) groups excluding carboxylic acids is 1. The van der Waals surface area contributed by atoms with E-state index in [1.807, 2.05) is 0 Å². The number of aromatic nitrogens is 2. The normalized spacial score (nSPS) is 10.8. The first-order chi connectivity index (χ1) is 8.63. The number of amides is 1. The maximum atomic E-state index is 11.5. The number of H-pyrrole nitrogens is 1. The number of hydrogen-bond donors (Lipinski definition) is 2. The second-order valence-electron chi connectivity index (χ2n) is 3.51. The van der Waals surface area contributed by atoms with E-state index in [4.69, 9.17) is 23.2 Å². The van der Waals surface area contributed by atoms with E-state index in [0.29, 0.717) is 15.7 Å². The van der Waals surface area contributed by atoms with Gasteiger partial charge in [0.15, 0.2) is 0 Å². The van der Waals surface area contributed by atoms with Crippen molar-refractivity contribution in [2.45, 2.75) is 0 Å². The Morgan fingerprint density at radius 3 is 2.61 bits per heavy atom. The van der Waals surface area contributed by atoms with E-state index in [9.17, 15) is 4.79 Å². The molecule has 0 bridgehead atoms. The lowest BCUT2D eigenvalue weighted by atomic mass is 10.2. The Morgan fingerprint density at radius 2 is 2.00 bits per heavy atom. The summed E-state index contributed by atoms with van der Waals surface area (Å²) >= 11 is 11.7. The van der Waals surface area contributed by atoms with Crippen molar-refractivity contribution in [3.05, 3.63) is 52.3 Å². The third-order valence-corrected chi connectivity index (χ3v) is 2.51. The highest BCUT2D eigenvalue weighted by Crippen LogP contribution is 2.19. The number of halogens is 2. The molecule has 0 aliphatic carbocycles. The van der Waals surface area contributed by atoms with Crippen LogP contribution in [-0.2, 0) is 4.79 Å². The van der Waals surface area contributed by atoms with Crippen molar-refractivity contribution in [2.24, 2.45) is 0 Å². The number of nitrogens with one attached hydrogen (secondary N) is 2. The molecule has 0 radical (unpaired) electrons. The van der Waals surface area contributed by atoms with Crippen molar-refractivity contribution >= 4 is 40.9 Å². The SMILES string of the molecule is O=C(/C=C/c1cc(Cl)cc(Cl)c1)Nc1cn[nH]c1. The van der Waals surface area contributed by atoms with E-state index >= 15 is 0 Å². The number of benzene rings is 1. The average Bonchev–Trinajstić information content (AvgIpc) is 2.78. The lowest BCUT2D eigenvalue weighted by molar-refractivity contribution is -0.111. The zero-order valence-electron chi connectivity index (χ0n) is 9.15. The molecule has 2 N–H and O–H groups in total. The molecule has 0 aliphatic heterocycles. The van der Waals surface area contributed by atoms with E-state index in [-0.39, 0.29) is 5.91 Å². The van der Waals surface area contributed by atoms with Gasteiger partial charge >= 0.3 is 0 Å². The van der Waals surface area contributed by atoms with E-state index < -0.39 is 0 Å². The number of aromatic amines is 1. The molecule has 0 atom stereocenters. The van der Waals surface area contributed by atoms with Gasteiger partial charge in [0, 0.05) is 22.3 Å². The largest absolute Gasteiger partial charge is 0.320 e. The van der Waals surface area contributed by atoms with Crippen LogP contribution in [0.25, 0.3) is 6.08 Å². The highest BCUT2D eigenvalue weighted by molar-refractivity contribution is 6.34. The average molecular weight is 282 g/mol. The van der Waals surface area contributed by atoms with Crippen LogP contribution in [0.3, 0.4) is 0 Å². The molecular weight excluding hydrogens is 273 g/mol. The van der Waals surface area contributed by atoms with Gasteiger partial charge in [-0.15, -0.1) is 0 Å². The maximum Gasteiger partial charge on any atom is 0.248 e. The summed E-state index contributed by atoms with van der Waals surface area (Å²) in [4.78, 5) is 11.5. The van der Waals surface area contributed by atoms with Gasteiger partial charge in [-0.05, 0) is 29.8 Å². The molecule has 2 rings (SSSR count). The van der Waals surface area contributed by atoms with Gasteiger partial charge in [-0.1, -0.05) is 23.2 Å². The predicted octanol–water partition coefficient (Wildman–Crippen LogP) is 3.37. The highest BCUT2D eigenvalue weighted by atomic mass is 35.5. The van der Waals surface area contributed by atoms with Crippen molar-refractivity contribution in [2.75, 3.05) is 5.32 Å². The summed E-state index contributed by atoms with van der Waals surface area (Å²) in [5.74, 6) is -0.257. The number of rotatable bonds is 3. The number of carbonyl (C=O) groups is 1. The second-order valence-corrected chi connectivity index (χ2v) is 4.39. The molecule has 6 heteroatoms. The Balaban J connectivity index is 2.04. The minimum Gasteiger partial charge on any atom is -0.320 e. The lowest BCUT2D eigenvalue weighted by Crippen LogP contribution is -2.06. The Labute approximate surface area is 114 Å². The van der Waals surface area contributed by atoms with Gasteiger partial charge in [0.1, 0.15) is 0 Å². The van der Waals surface area contributed by atoms with Crippen LogP contribution in [0.5, 0.6) is 0 Å². The molecule has 1 aromatic carbocycles. The molecule has 0 fully saturated rings. The van der Waals surface area contributed by atoms with Crippen molar-refractivity contribution in [3.8, 4) is 0 Å². The molecule has 0 spiro atoms. The predicted molar refractivity (Wildman–Crippen MR) is 72.7 cm³/mol. The quantitative estimate of drug-likeness (QED) is 0.848. The maximum absolute atomic E-state index is 11.5. The van der Waals surface area contributed by atoms with Crippen molar-refractivity contribution < 1.29 is 4.79 Å². The molecule has 92 valence electrons. The van der Waals surface area contributed by atoms with Crippen LogP contribution in [0.4, 0.5) is 5.69 Å². The Morgan fingerprint density at radius 1 is 1.28 bits per heavy atom. The summed E-state index contributed by atoms with van der Waals surface area (Å²) < 4.78 is 0. The topological polar surface area (TPSA) is 57.8 Å². The first kappa shape index (κ1) is 12.7. The summed E-state index contributed by atoms with van der Waals surface area (Å²) in [6, 6.07) is 5.07. The Bertz CT molecular complexity index is 559. The molecular formula is C12H9Cl2N3O. The van der Waals surface area contributed by atoms with E-state index in [2.05, 4.69) is 15.5 Å². The van der Waals surface area contributed by atoms with Gasteiger partial charge < -0.3 is 5.32 Å².